The van der Waals surface area contributed by atoms with Gasteiger partial charge in [0.15, 0.2) is 5.13 Å². The van der Waals surface area contributed by atoms with Crippen LogP contribution in [-0.2, 0) is 24.0 Å². The SMILES string of the molecule is CC(O/N=C(/C(=O)NC1C(=O)N2C(C(=O)O)=CCSC12)c1nsc(N)n1)C(=O)O. The summed E-state index contributed by atoms with van der Waals surface area (Å²) < 4.78 is 3.85. The van der Waals surface area contributed by atoms with Crippen molar-refractivity contribution in [3.8, 4) is 0 Å². The summed E-state index contributed by atoms with van der Waals surface area (Å²) >= 11 is 2.06. The van der Waals surface area contributed by atoms with Gasteiger partial charge in [0.2, 0.25) is 17.6 Å². The van der Waals surface area contributed by atoms with Crippen molar-refractivity contribution in [2.75, 3.05) is 11.5 Å². The van der Waals surface area contributed by atoms with Crippen LogP contribution in [0.1, 0.15) is 12.7 Å². The van der Waals surface area contributed by atoms with Crippen molar-refractivity contribution in [2.24, 2.45) is 5.16 Å². The number of carbonyl (C=O) groups is 4. The molecule has 154 valence electrons. The lowest BCUT2D eigenvalue weighted by Crippen LogP contribution is -2.70. The second-order valence-corrected chi connectivity index (χ2v) is 7.69. The zero-order chi connectivity index (χ0) is 21.3. The van der Waals surface area contributed by atoms with Gasteiger partial charge in [-0.3, -0.25) is 14.5 Å². The van der Waals surface area contributed by atoms with Crippen molar-refractivity contribution in [3.05, 3.63) is 17.6 Å². The second-order valence-electron chi connectivity index (χ2n) is 5.76. The molecule has 0 bridgehead atoms. The minimum absolute atomic E-state index is 0.0387. The molecule has 1 fully saturated rings. The highest BCUT2D eigenvalue weighted by Crippen LogP contribution is 2.37. The van der Waals surface area contributed by atoms with Crippen LogP contribution in [0.4, 0.5) is 5.13 Å². The molecule has 2 aliphatic heterocycles. The van der Waals surface area contributed by atoms with Crippen LogP contribution in [0.3, 0.4) is 0 Å². The fraction of sp³-hybridized carbons (Fsp3) is 0.357. The van der Waals surface area contributed by atoms with E-state index in [-0.39, 0.29) is 16.7 Å². The van der Waals surface area contributed by atoms with Gasteiger partial charge in [0, 0.05) is 17.3 Å². The molecule has 0 aliphatic carbocycles. The minimum atomic E-state index is -1.35. The van der Waals surface area contributed by atoms with Crippen molar-refractivity contribution in [2.45, 2.75) is 24.4 Å². The van der Waals surface area contributed by atoms with Crippen molar-refractivity contribution < 1.29 is 34.2 Å². The number of nitrogens with one attached hydrogen (secondary N) is 1. The number of carboxylic acid groups (broad SMARTS) is 2. The highest BCUT2D eigenvalue weighted by atomic mass is 32.2. The number of anilines is 1. The molecule has 1 aromatic rings. The third kappa shape index (κ3) is 4.00. The molecule has 1 saturated heterocycles. The van der Waals surface area contributed by atoms with Gasteiger partial charge in [0.05, 0.1) is 0 Å². The zero-order valence-electron chi connectivity index (χ0n) is 14.6. The lowest BCUT2D eigenvalue weighted by molar-refractivity contribution is -0.150. The Hall–Kier alpha value is -3.20. The third-order valence-corrected chi connectivity index (χ3v) is 5.60. The Labute approximate surface area is 170 Å². The molecule has 3 heterocycles. The minimum Gasteiger partial charge on any atom is -0.478 e. The predicted molar refractivity (Wildman–Crippen MR) is 99.8 cm³/mol. The first-order valence-electron chi connectivity index (χ1n) is 7.96. The molecule has 0 aromatic carbocycles. The largest absolute Gasteiger partial charge is 0.478 e. The molecule has 3 unspecified atom stereocenters. The maximum absolute atomic E-state index is 12.7. The van der Waals surface area contributed by atoms with Gasteiger partial charge in [-0.05, 0) is 13.0 Å². The van der Waals surface area contributed by atoms with Gasteiger partial charge in [-0.1, -0.05) is 5.16 Å². The van der Waals surface area contributed by atoms with E-state index in [1.54, 1.807) is 0 Å². The number of hydrogen-bond donors (Lipinski definition) is 4. The van der Waals surface area contributed by atoms with Crippen LogP contribution in [0.15, 0.2) is 16.9 Å². The lowest BCUT2D eigenvalue weighted by atomic mass is 10.0. The zero-order valence-corrected chi connectivity index (χ0v) is 16.3. The average molecular weight is 442 g/mol. The maximum atomic E-state index is 12.7. The topological polar surface area (TPSA) is 197 Å². The lowest BCUT2D eigenvalue weighted by Gasteiger charge is -2.48. The number of aliphatic carboxylic acids is 2. The van der Waals surface area contributed by atoms with Gasteiger partial charge in [0.1, 0.15) is 17.1 Å². The van der Waals surface area contributed by atoms with E-state index in [1.807, 2.05) is 0 Å². The first-order chi connectivity index (χ1) is 13.7. The second kappa shape index (κ2) is 8.04. The van der Waals surface area contributed by atoms with Gasteiger partial charge in [0.25, 0.3) is 11.8 Å². The van der Waals surface area contributed by atoms with E-state index in [9.17, 15) is 24.3 Å². The smallest absolute Gasteiger partial charge is 0.352 e. The maximum Gasteiger partial charge on any atom is 0.352 e. The Morgan fingerprint density at radius 2 is 2.17 bits per heavy atom. The summed E-state index contributed by atoms with van der Waals surface area (Å²) in [6.45, 7) is 1.20. The van der Waals surface area contributed by atoms with Crippen molar-refractivity contribution in [3.63, 3.8) is 0 Å². The summed E-state index contributed by atoms with van der Waals surface area (Å²) in [6.07, 6.45) is 0.0573. The summed E-state index contributed by atoms with van der Waals surface area (Å²) in [5.41, 5.74) is 4.90. The monoisotopic (exact) mass is 442 g/mol. The fourth-order valence-corrected chi connectivity index (χ4v) is 4.07. The molecule has 3 rings (SSSR count). The molecular formula is C14H14N6O7S2. The standard InChI is InChI=1S/C14H14N6O7S2/c1-4(12(23)24)27-18-6(8-17-14(15)29-19-8)9(21)16-7-10(22)20-5(13(25)26)2-3-28-11(7)20/h2,4,7,11H,3H2,1H3,(H,16,21)(H,23,24)(H,25,26)(H2,15,17,19)/b18-6+. The molecule has 0 saturated carbocycles. The number of nitrogens with zero attached hydrogens (tertiary/aromatic N) is 4. The number of carbonyl (C=O) groups excluding carboxylic acids is 2. The van der Waals surface area contributed by atoms with E-state index in [0.717, 1.165) is 16.4 Å². The first kappa shape index (κ1) is 20.5. The molecule has 13 nitrogen and oxygen atoms in total. The van der Waals surface area contributed by atoms with Gasteiger partial charge in [-0.25, -0.2) is 9.59 Å². The number of aromatic nitrogens is 2. The van der Waals surface area contributed by atoms with Crippen LogP contribution in [0, 0.1) is 0 Å². The van der Waals surface area contributed by atoms with E-state index < -0.39 is 47.0 Å². The number of thioether (sulfide) groups is 1. The molecular weight excluding hydrogens is 428 g/mol. The fourth-order valence-electron chi connectivity index (χ4n) is 2.44. The Morgan fingerprint density at radius 1 is 1.45 bits per heavy atom. The van der Waals surface area contributed by atoms with Crippen LogP contribution >= 0.6 is 23.3 Å². The molecule has 2 aliphatic rings. The van der Waals surface area contributed by atoms with Gasteiger partial charge in [-0.2, -0.15) is 9.36 Å². The molecule has 5 N–H and O–H groups in total. The summed E-state index contributed by atoms with van der Waals surface area (Å²) in [4.78, 5) is 56.9. The number of amides is 2. The van der Waals surface area contributed by atoms with Crippen LogP contribution in [-0.4, -0.2) is 77.2 Å². The van der Waals surface area contributed by atoms with Crippen LogP contribution in [0.2, 0.25) is 0 Å². The van der Waals surface area contributed by atoms with Gasteiger partial charge >= 0.3 is 11.9 Å². The van der Waals surface area contributed by atoms with Crippen molar-refractivity contribution in [1.82, 2.24) is 19.6 Å². The molecule has 15 heteroatoms. The number of rotatable bonds is 7. The van der Waals surface area contributed by atoms with Gasteiger partial charge in [-0.15, -0.1) is 11.8 Å². The molecule has 2 amide bonds. The molecule has 1 aromatic heterocycles. The normalized spacial score (nSPS) is 22.1. The number of fused-ring (bicyclic) bond motifs is 1. The number of nitrogens with two attached hydrogens (primary N) is 1. The van der Waals surface area contributed by atoms with Crippen molar-refractivity contribution in [1.29, 1.82) is 0 Å². The Kier molecular flexibility index (Phi) is 5.69. The van der Waals surface area contributed by atoms with E-state index in [4.69, 9.17) is 15.7 Å². The highest BCUT2D eigenvalue weighted by molar-refractivity contribution is 8.00. The number of nitrogen functional groups attached to an aromatic ring is 1. The van der Waals surface area contributed by atoms with E-state index >= 15 is 0 Å². The molecule has 3 atom stereocenters. The molecule has 0 radical (unpaired) electrons. The Bertz CT molecular complexity index is 945. The Balaban J connectivity index is 1.78. The summed E-state index contributed by atoms with van der Waals surface area (Å²) in [7, 11) is 0. The van der Waals surface area contributed by atoms with E-state index in [1.165, 1.54) is 24.8 Å². The Morgan fingerprint density at radius 3 is 2.76 bits per heavy atom. The predicted octanol–water partition coefficient (Wildman–Crippen LogP) is -1.32. The van der Waals surface area contributed by atoms with Crippen molar-refractivity contribution >= 4 is 57.9 Å². The number of β-lactam (4-membered cyclic amide) rings is 1. The van der Waals surface area contributed by atoms with E-state index in [0.29, 0.717) is 5.75 Å². The molecule has 29 heavy (non-hydrogen) atoms. The quantitative estimate of drug-likeness (QED) is 0.222. The number of hydrogen-bond acceptors (Lipinski definition) is 11. The van der Waals surface area contributed by atoms with Crippen LogP contribution < -0.4 is 11.1 Å². The number of oxime groups is 1. The average Bonchev–Trinajstić information content (AvgIpc) is 3.10. The first-order valence-corrected chi connectivity index (χ1v) is 9.78. The van der Waals surface area contributed by atoms with Crippen LogP contribution in [0.25, 0.3) is 0 Å². The summed E-state index contributed by atoms with van der Waals surface area (Å²) in [6, 6.07) is -1.01. The van der Waals surface area contributed by atoms with Crippen LogP contribution in [0.5, 0.6) is 0 Å². The summed E-state index contributed by atoms with van der Waals surface area (Å²) in [5.74, 6) is -3.90. The number of carboxylic acids is 2. The third-order valence-electron chi connectivity index (χ3n) is 3.87. The van der Waals surface area contributed by atoms with Gasteiger partial charge < -0.3 is 26.1 Å². The summed E-state index contributed by atoms with van der Waals surface area (Å²) in [5, 5.41) is 23.5. The van der Waals surface area contributed by atoms with E-state index in [2.05, 4.69) is 19.8 Å². The highest BCUT2D eigenvalue weighted by Gasteiger charge is 2.53. The molecule has 0 spiro atoms.